The summed E-state index contributed by atoms with van der Waals surface area (Å²) >= 11 is 0. The molecule has 0 aromatic rings. The molecule has 0 bridgehead atoms. The van der Waals surface area contributed by atoms with Crippen molar-refractivity contribution in [1.29, 1.82) is 0 Å². The van der Waals surface area contributed by atoms with Crippen LogP contribution in [0.3, 0.4) is 0 Å². The molecule has 1 N–H and O–H groups in total. The Morgan fingerprint density at radius 3 is 2.56 bits per heavy atom. The highest BCUT2D eigenvalue weighted by molar-refractivity contribution is 5.80. The first-order chi connectivity index (χ1) is 7.76. The quantitative estimate of drug-likeness (QED) is 0.713. The number of Topliss-reactive ketones (excluding diaryl/α,β-unsaturated/α-hetero) is 1. The van der Waals surface area contributed by atoms with Gasteiger partial charge in [0, 0.05) is 26.1 Å². The normalized spacial score (nSPS) is 19.6. The molecule has 0 aromatic carbocycles. The zero-order valence-corrected chi connectivity index (χ0v) is 10.3. The lowest BCUT2D eigenvalue weighted by Gasteiger charge is -2.20. The van der Waals surface area contributed by atoms with E-state index in [0.29, 0.717) is 18.7 Å². The van der Waals surface area contributed by atoms with Crippen LogP contribution in [-0.2, 0) is 4.79 Å². The first-order valence-corrected chi connectivity index (χ1v) is 6.33. The minimum Gasteiger partial charge on any atom is -0.395 e. The van der Waals surface area contributed by atoms with Gasteiger partial charge in [-0.15, -0.1) is 0 Å². The molecule has 4 nitrogen and oxygen atoms in total. The van der Waals surface area contributed by atoms with Crippen LogP contribution in [-0.4, -0.2) is 66.6 Å². The number of carbonyl (C=O) groups excluding carboxylic acids is 1. The van der Waals surface area contributed by atoms with Gasteiger partial charge in [0.1, 0.15) is 5.78 Å². The van der Waals surface area contributed by atoms with E-state index in [1.165, 1.54) is 0 Å². The van der Waals surface area contributed by atoms with Gasteiger partial charge in [0.15, 0.2) is 0 Å². The molecule has 0 unspecified atom stereocenters. The monoisotopic (exact) mass is 228 g/mol. The van der Waals surface area contributed by atoms with Crippen LogP contribution in [0.1, 0.15) is 26.2 Å². The molecule has 1 rings (SSSR count). The molecule has 1 fully saturated rings. The third kappa shape index (κ3) is 5.05. The lowest BCUT2D eigenvalue weighted by Crippen LogP contribution is -2.35. The number of hydrogen-bond donors (Lipinski definition) is 1. The smallest absolute Gasteiger partial charge is 0.146 e. The van der Waals surface area contributed by atoms with Gasteiger partial charge in [-0.2, -0.15) is 0 Å². The number of β-amino-alcohol motifs (C(OH)–C–C–N with tert-alkyl or cyclic N) is 1. The van der Waals surface area contributed by atoms with Gasteiger partial charge < -0.3 is 5.11 Å². The summed E-state index contributed by atoms with van der Waals surface area (Å²) in [4.78, 5) is 16.0. The maximum absolute atomic E-state index is 11.5. The van der Waals surface area contributed by atoms with Crippen molar-refractivity contribution in [3.05, 3.63) is 0 Å². The average molecular weight is 228 g/mol. The fourth-order valence-corrected chi connectivity index (χ4v) is 2.15. The maximum atomic E-state index is 11.5. The Bertz CT molecular complexity index is 209. The molecule has 1 aliphatic rings. The molecular formula is C12H24N2O2. The first-order valence-electron chi connectivity index (χ1n) is 6.33. The highest BCUT2D eigenvalue weighted by atomic mass is 16.3. The highest BCUT2D eigenvalue weighted by Crippen LogP contribution is 2.03. The van der Waals surface area contributed by atoms with E-state index in [0.717, 1.165) is 45.6 Å². The number of rotatable bonds is 6. The minimum atomic E-state index is 0.231. The van der Waals surface area contributed by atoms with Gasteiger partial charge in [-0.25, -0.2) is 0 Å². The summed E-state index contributed by atoms with van der Waals surface area (Å²) in [6.07, 6.45) is 2.75. The van der Waals surface area contributed by atoms with E-state index in [1.807, 2.05) is 6.92 Å². The first kappa shape index (κ1) is 13.6. The third-order valence-electron chi connectivity index (χ3n) is 3.03. The van der Waals surface area contributed by atoms with E-state index >= 15 is 0 Å². The van der Waals surface area contributed by atoms with Crippen LogP contribution in [0.2, 0.25) is 0 Å². The molecule has 0 spiro atoms. The van der Waals surface area contributed by atoms with Crippen molar-refractivity contribution >= 4 is 5.78 Å². The van der Waals surface area contributed by atoms with Crippen LogP contribution in [0.5, 0.6) is 0 Å². The number of ketones is 1. The standard InChI is InChI=1S/C12H24N2O2/c1-2-4-12(16)11-14-6-3-5-13(7-8-14)9-10-15/h15H,2-11H2,1H3. The van der Waals surface area contributed by atoms with Crippen LogP contribution in [0.15, 0.2) is 0 Å². The van der Waals surface area contributed by atoms with Crippen molar-refractivity contribution in [1.82, 2.24) is 9.80 Å². The molecule has 0 atom stereocenters. The number of aliphatic hydroxyl groups excluding tert-OH is 1. The Balaban J connectivity index is 2.27. The van der Waals surface area contributed by atoms with Gasteiger partial charge in [0.25, 0.3) is 0 Å². The van der Waals surface area contributed by atoms with Crippen molar-refractivity contribution < 1.29 is 9.90 Å². The molecule has 94 valence electrons. The van der Waals surface area contributed by atoms with Crippen LogP contribution in [0, 0.1) is 0 Å². The largest absolute Gasteiger partial charge is 0.395 e. The Labute approximate surface area is 98.2 Å². The number of aliphatic hydroxyl groups is 1. The van der Waals surface area contributed by atoms with Gasteiger partial charge in [0.2, 0.25) is 0 Å². The van der Waals surface area contributed by atoms with Gasteiger partial charge in [-0.1, -0.05) is 6.92 Å². The summed E-state index contributed by atoms with van der Waals surface area (Å²) < 4.78 is 0. The molecule has 1 heterocycles. The zero-order chi connectivity index (χ0) is 11.8. The Morgan fingerprint density at radius 1 is 1.19 bits per heavy atom. The summed E-state index contributed by atoms with van der Waals surface area (Å²) in [5.41, 5.74) is 0. The summed E-state index contributed by atoms with van der Waals surface area (Å²) in [6, 6.07) is 0. The lowest BCUT2D eigenvalue weighted by molar-refractivity contribution is -0.120. The second-order valence-corrected chi connectivity index (χ2v) is 4.48. The molecule has 0 amide bonds. The van der Waals surface area contributed by atoms with Crippen molar-refractivity contribution in [3.63, 3.8) is 0 Å². The summed E-state index contributed by atoms with van der Waals surface area (Å²) in [5, 5.41) is 8.88. The summed E-state index contributed by atoms with van der Waals surface area (Å²) in [5.74, 6) is 0.359. The SMILES string of the molecule is CCCC(=O)CN1CCCN(CCO)CC1. The number of hydrogen-bond acceptors (Lipinski definition) is 4. The molecule has 0 aliphatic carbocycles. The minimum absolute atomic E-state index is 0.231. The van der Waals surface area contributed by atoms with Gasteiger partial charge >= 0.3 is 0 Å². The highest BCUT2D eigenvalue weighted by Gasteiger charge is 2.15. The van der Waals surface area contributed by atoms with Crippen LogP contribution >= 0.6 is 0 Å². The molecular weight excluding hydrogens is 204 g/mol. The van der Waals surface area contributed by atoms with Crippen molar-refractivity contribution in [2.45, 2.75) is 26.2 Å². The predicted molar refractivity (Wildman–Crippen MR) is 64.5 cm³/mol. The van der Waals surface area contributed by atoms with E-state index in [9.17, 15) is 4.79 Å². The number of carbonyl (C=O) groups is 1. The van der Waals surface area contributed by atoms with Gasteiger partial charge in [0.05, 0.1) is 13.2 Å². The van der Waals surface area contributed by atoms with Crippen molar-refractivity contribution in [2.75, 3.05) is 45.9 Å². The molecule has 1 aliphatic heterocycles. The third-order valence-corrected chi connectivity index (χ3v) is 3.03. The molecule has 4 heteroatoms. The molecule has 0 radical (unpaired) electrons. The molecule has 1 saturated heterocycles. The molecule has 16 heavy (non-hydrogen) atoms. The summed E-state index contributed by atoms with van der Waals surface area (Å²) in [7, 11) is 0. The van der Waals surface area contributed by atoms with E-state index in [2.05, 4.69) is 9.80 Å². The van der Waals surface area contributed by atoms with Gasteiger partial charge in [-0.3, -0.25) is 14.6 Å². The Morgan fingerprint density at radius 2 is 1.88 bits per heavy atom. The van der Waals surface area contributed by atoms with E-state index in [1.54, 1.807) is 0 Å². The van der Waals surface area contributed by atoms with Crippen molar-refractivity contribution in [3.8, 4) is 0 Å². The zero-order valence-electron chi connectivity index (χ0n) is 10.3. The van der Waals surface area contributed by atoms with E-state index in [4.69, 9.17) is 5.11 Å². The Kier molecular flexibility index (Phi) is 6.61. The maximum Gasteiger partial charge on any atom is 0.146 e. The lowest BCUT2D eigenvalue weighted by atomic mass is 10.2. The van der Waals surface area contributed by atoms with E-state index < -0.39 is 0 Å². The fourth-order valence-electron chi connectivity index (χ4n) is 2.15. The topological polar surface area (TPSA) is 43.8 Å². The van der Waals surface area contributed by atoms with Crippen LogP contribution < -0.4 is 0 Å². The Hall–Kier alpha value is -0.450. The average Bonchev–Trinajstić information content (AvgIpc) is 2.45. The number of nitrogens with zero attached hydrogens (tertiary/aromatic N) is 2. The fraction of sp³-hybridized carbons (Fsp3) is 0.917. The second-order valence-electron chi connectivity index (χ2n) is 4.48. The molecule has 0 saturated carbocycles. The van der Waals surface area contributed by atoms with Crippen LogP contribution in [0.4, 0.5) is 0 Å². The molecule has 0 aromatic heterocycles. The summed E-state index contributed by atoms with van der Waals surface area (Å²) in [6.45, 7) is 7.63. The van der Waals surface area contributed by atoms with Crippen LogP contribution in [0.25, 0.3) is 0 Å². The van der Waals surface area contributed by atoms with E-state index in [-0.39, 0.29) is 6.61 Å². The second kappa shape index (κ2) is 7.76. The van der Waals surface area contributed by atoms with Crippen molar-refractivity contribution in [2.24, 2.45) is 0 Å². The predicted octanol–water partition coefficient (Wildman–Crippen LogP) is 0.356. The van der Waals surface area contributed by atoms with Gasteiger partial charge in [-0.05, 0) is 25.9 Å².